The first-order valence-electron chi connectivity index (χ1n) is 8.14. The van der Waals surface area contributed by atoms with Gasteiger partial charge in [0, 0.05) is 13.1 Å². The molecule has 1 N–H and O–H groups in total. The first-order chi connectivity index (χ1) is 10.2. The molecule has 114 valence electrons. The Morgan fingerprint density at radius 1 is 1.38 bits per heavy atom. The van der Waals surface area contributed by atoms with Crippen LogP contribution in [0.3, 0.4) is 0 Å². The Kier molecular flexibility index (Phi) is 5.78. The average Bonchev–Trinajstić information content (AvgIpc) is 2.95. The quantitative estimate of drug-likeness (QED) is 0.836. The average molecular weight is 285 g/mol. The van der Waals surface area contributed by atoms with Crippen molar-refractivity contribution in [2.45, 2.75) is 38.6 Å². The summed E-state index contributed by atoms with van der Waals surface area (Å²) in [4.78, 5) is 2.49. The Hall–Kier alpha value is -1.37. The van der Waals surface area contributed by atoms with Gasteiger partial charge in [-0.15, -0.1) is 0 Å². The fraction of sp³-hybridized carbons (Fsp3) is 0.611. The minimum Gasteiger partial charge on any atom is -0.303 e. The van der Waals surface area contributed by atoms with Crippen LogP contribution in [0.5, 0.6) is 0 Å². The highest BCUT2D eigenvalue weighted by Gasteiger charge is 2.32. The molecule has 0 amide bonds. The molecule has 1 fully saturated rings. The lowest BCUT2D eigenvalue weighted by atomic mass is 9.87. The van der Waals surface area contributed by atoms with E-state index in [2.05, 4.69) is 42.3 Å². The maximum atomic E-state index is 9.85. The fourth-order valence-corrected chi connectivity index (χ4v) is 3.11. The maximum absolute atomic E-state index is 9.85. The summed E-state index contributed by atoms with van der Waals surface area (Å²) in [7, 11) is 0. The van der Waals surface area contributed by atoms with Gasteiger partial charge in [0.2, 0.25) is 0 Å². The van der Waals surface area contributed by atoms with Gasteiger partial charge in [0.25, 0.3) is 0 Å². The zero-order valence-electron chi connectivity index (χ0n) is 13.3. The van der Waals surface area contributed by atoms with Gasteiger partial charge < -0.3 is 4.90 Å². The molecule has 2 rings (SSSR count). The molecule has 2 unspecified atom stereocenters. The van der Waals surface area contributed by atoms with Crippen LogP contribution in [0.15, 0.2) is 30.3 Å². The number of benzene rings is 1. The van der Waals surface area contributed by atoms with Crippen molar-refractivity contribution < 1.29 is 0 Å². The molecule has 0 saturated carbocycles. The maximum Gasteiger partial charge on any atom is 0.133 e. The standard InChI is InChI=1S/C18H27N3/c1-3-11-20-18(15-19,17-7-5-4-6-8-17)10-13-21-12-9-16(2)14-21/h4-8,16,20H,3,9-14H2,1-2H3. The van der Waals surface area contributed by atoms with Gasteiger partial charge in [-0.25, -0.2) is 0 Å². The summed E-state index contributed by atoms with van der Waals surface area (Å²) in [5, 5.41) is 13.3. The van der Waals surface area contributed by atoms with E-state index in [4.69, 9.17) is 0 Å². The summed E-state index contributed by atoms with van der Waals surface area (Å²) >= 11 is 0. The second-order valence-corrected chi connectivity index (χ2v) is 6.25. The van der Waals surface area contributed by atoms with E-state index >= 15 is 0 Å². The van der Waals surface area contributed by atoms with Crippen LogP contribution < -0.4 is 5.32 Å². The SMILES string of the molecule is CCCNC(C#N)(CCN1CCC(C)C1)c1ccccc1. The number of rotatable bonds is 7. The molecule has 0 radical (unpaired) electrons. The van der Waals surface area contributed by atoms with Crippen LogP contribution in [0.2, 0.25) is 0 Å². The summed E-state index contributed by atoms with van der Waals surface area (Å²) in [5.41, 5.74) is 0.538. The second-order valence-electron chi connectivity index (χ2n) is 6.25. The number of hydrogen-bond donors (Lipinski definition) is 1. The van der Waals surface area contributed by atoms with E-state index < -0.39 is 5.54 Å². The molecule has 1 saturated heterocycles. The lowest BCUT2D eigenvalue weighted by molar-refractivity contribution is 0.275. The summed E-state index contributed by atoms with van der Waals surface area (Å²) in [6.45, 7) is 8.66. The molecule has 0 bridgehead atoms. The third-order valence-electron chi connectivity index (χ3n) is 4.45. The van der Waals surface area contributed by atoms with E-state index in [1.165, 1.54) is 19.5 Å². The summed E-state index contributed by atoms with van der Waals surface area (Å²) in [5.74, 6) is 0.793. The normalized spacial score (nSPS) is 21.9. The molecule has 3 heteroatoms. The number of nitrogens with zero attached hydrogens (tertiary/aromatic N) is 2. The third-order valence-corrected chi connectivity index (χ3v) is 4.45. The van der Waals surface area contributed by atoms with Crippen LogP contribution in [0, 0.1) is 17.2 Å². The van der Waals surface area contributed by atoms with E-state index in [0.717, 1.165) is 37.4 Å². The van der Waals surface area contributed by atoms with Gasteiger partial charge in [0.15, 0.2) is 0 Å². The monoisotopic (exact) mass is 285 g/mol. The topological polar surface area (TPSA) is 39.1 Å². The molecule has 1 heterocycles. The second kappa shape index (κ2) is 7.59. The van der Waals surface area contributed by atoms with Gasteiger partial charge in [0.05, 0.1) is 6.07 Å². The van der Waals surface area contributed by atoms with Crippen LogP contribution in [0.4, 0.5) is 0 Å². The summed E-state index contributed by atoms with van der Waals surface area (Å²) in [6.07, 6.45) is 3.17. The molecule has 0 aromatic heterocycles. The Bertz CT molecular complexity index is 465. The molecule has 0 aliphatic carbocycles. The van der Waals surface area contributed by atoms with E-state index in [1.807, 2.05) is 18.2 Å². The molecule has 0 spiro atoms. The molecule has 2 atom stereocenters. The minimum atomic E-state index is -0.552. The number of hydrogen-bond acceptors (Lipinski definition) is 3. The van der Waals surface area contributed by atoms with Crippen molar-refractivity contribution in [3.8, 4) is 6.07 Å². The van der Waals surface area contributed by atoms with E-state index in [-0.39, 0.29) is 0 Å². The number of likely N-dealkylation sites (tertiary alicyclic amines) is 1. The highest BCUT2D eigenvalue weighted by molar-refractivity contribution is 5.31. The molecule has 1 aromatic rings. The Morgan fingerprint density at radius 3 is 2.71 bits per heavy atom. The molecular formula is C18H27N3. The van der Waals surface area contributed by atoms with Crippen molar-refractivity contribution in [3.05, 3.63) is 35.9 Å². The zero-order chi connectivity index (χ0) is 15.1. The van der Waals surface area contributed by atoms with Gasteiger partial charge in [-0.05, 0) is 43.8 Å². The molecular weight excluding hydrogens is 258 g/mol. The van der Waals surface area contributed by atoms with Crippen molar-refractivity contribution in [3.63, 3.8) is 0 Å². The van der Waals surface area contributed by atoms with Crippen molar-refractivity contribution in [1.82, 2.24) is 10.2 Å². The highest BCUT2D eigenvalue weighted by atomic mass is 15.1. The van der Waals surface area contributed by atoms with Crippen LogP contribution in [-0.4, -0.2) is 31.1 Å². The predicted molar refractivity (Wildman–Crippen MR) is 86.9 cm³/mol. The van der Waals surface area contributed by atoms with Crippen molar-refractivity contribution in [1.29, 1.82) is 5.26 Å². The van der Waals surface area contributed by atoms with Crippen molar-refractivity contribution in [2.75, 3.05) is 26.2 Å². The lowest BCUT2D eigenvalue weighted by Crippen LogP contribution is -2.44. The van der Waals surface area contributed by atoms with Crippen molar-refractivity contribution in [2.24, 2.45) is 5.92 Å². The van der Waals surface area contributed by atoms with E-state index in [0.29, 0.717) is 0 Å². The van der Waals surface area contributed by atoms with Gasteiger partial charge in [0.1, 0.15) is 5.54 Å². The Balaban J connectivity index is 2.09. The zero-order valence-corrected chi connectivity index (χ0v) is 13.3. The Morgan fingerprint density at radius 2 is 2.14 bits per heavy atom. The van der Waals surface area contributed by atoms with Crippen molar-refractivity contribution >= 4 is 0 Å². The summed E-state index contributed by atoms with van der Waals surface area (Å²) in [6, 6.07) is 12.7. The first kappa shape index (κ1) is 16.0. The molecule has 1 aliphatic heterocycles. The van der Waals surface area contributed by atoms with Crippen LogP contribution >= 0.6 is 0 Å². The lowest BCUT2D eigenvalue weighted by Gasteiger charge is -2.30. The molecule has 21 heavy (non-hydrogen) atoms. The molecule has 1 aromatic carbocycles. The van der Waals surface area contributed by atoms with Crippen LogP contribution in [0.1, 0.15) is 38.7 Å². The smallest absolute Gasteiger partial charge is 0.133 e. The highest BCUT2D eigenvalue weighted by Crippen LogP contribution is 2.26. The van der Waals surface area contributed by atoms with Gasteiger partial charge in [-0.3, -0.25) is 5.32 Å². The third kappa shape index (κ3) is 4.06. The number of nitrogens with one attached hydrogen (secondary N) is 1. The van der Waals surface area contributed by atoms with Crippen LogP contribution in [0.25, 0.3) is 0 Å². The van der Waals surface area contributed by atoms with E-state index in [1.54, 1.807) is 0 Å². The minimum absolute atomic E-state index is 0.552. The predicted octanol–water partition coefficient (Wildman–Crippen LogP) is 3.14. The molecule has 1 aliphatic rings. The first-order valence-corrected chi connectivity index (χ1v) is 8.14. The summed E-state index contributed by atoms with van der Waals surface area (Å²) < 4.78 is 0. The van der Waals surface area contributed by atoms with Gasteiger partial charge in [-0.1, -0.05) is 44.2 Å². The van der Waals surface area contributed by atoms with Gasteiger partial charge in [-0.2, -0.15) is 5.26 Å². The fourth-order valence-electron chi connectivity index (χ4n) is 3.11. The number of nitriles is 1. The van der Waals surface area contributed by atoms with Crippen LogP contribution in [-0.2, 0) is 5.54 Å². The molecule has 3 nitrogen and oxygen atoms in total. The Labute approximate surface area is 129 Å². The van der Waals surface area contributed by atoms with Gasteiger partial charge >= 0.3 is 0 Å². The van der Waals surface area contributed by atoms with E-state index in [9.17, 15) is 5.26 Å². The largest absolute Gasteiger partial charge is 0.303 e.